The number of hydrogen-bond acceptors (Lipinski definition) is 2. The molecule has 100 valence electrons. The van der Waals surface area contributed by atoms with Crippen molar-refractivity contribution in [2.45, 2.75) is 19.4 Å². The quantitative estimate of drug-likeness (QED) is 0.663. The molecule has 0 amide bonds. The molecule has 0 spiro atoms. The van der Waals surface area contributed by atoms with Crippen molar-refractivity contribution in [3.8, 4) is 0 Å². The van der Waals surface area contributed by atoms with Gasteiger partial charge in [0.2, 0.25) is 0 Å². The van der Waals surface area contributed by atoms with Crippen molar-refractivity contribution in [2.24, 2.45) is 5.84 Å². The molecule has 2 rings (SSSR count). The van der Waals surface area contributed by atoms with Crippen molar-refractivity contribution < 1.29 is 4.39 Å². The van der Waals surface area contributed by atoms with E-state index in [0.29, 0.717) is 11.4 Å². The molecule has 1 atom stereocenters. The second kappa shape index (κ2) is 6.15. The van der Waals surface area contributed by atoms with Gasteiger partial charge in [-0.25, -0.2) is 4.39 Å². The topological polar surface area (TPSA) is 38.0 Å². The molecule has 0 aliphatic carbocycles. The van der Waals surface area contributed by atoms with E-state index in [-0.39, 0.29) is 11.9 Å². The highest BCUT2D eigenvalue weighted by atomic mass is 35.5. The van der Waals surface area contributed by atoms with E-state index in [0.717, 1.165) is 16.7 Å². The van der Waals surface area contributed by atoms with Gasteiger partial charge in [-0.3, -0.25) is 11.3 Å². The third kappa shape index (κ3) is 3.77. The summed E-state index contributed by atoms with van der Waals surface area (Å²) in [5.74, 6) is 5.34. The molecule has 4 heteroatoms. The average Bonchev–Trinajstić information content (AvgIpc) is 2.34. The van der Waals surface area contributed by atoms with Crippen LogP contribution in [0.25, 0.3) is 0 Å². The molecule has 0 fully saturated rings. The van der Waals surface area contributed by atoms with E-state index in [2.05, 4.69) is 5.43 Å². The molecule has 0 aliphatic rings. The number of benzene rings is 2. The van der Waals surface area contributed by atoms with E-state index in [9.17, 15) is 4.39 Å². The van der Waals surface area contributed by atoms with Crippen molar-refractivity contribution in [3.63, 3.8) is 0 Å². The SMILES string of the molecule is Cc1cc(F)cc(C(Cc2cccc(Cl)c2)NN)c1. The number of hydrogen-bond donors (Lipinski definition) is 2. The highest BCUT2D eigenvalue weighted by Crippen LogP contribution is 2.21. The van der Waals surface area contributed by atoms with E-state index in [1.165, 1.54) is 12.1 Å². The Labute approximate surface area is 117 Å². The van der Waals surface area contributed by atoms with E-state index >= 15 is 0 Å². The van der Waals surface area contributed by atoms with Crippen LogP contribution in [0.4, 0.5) is 4.39 Å². The zero-order valence-electron chi connectivity index (χ0n) is 10.7. The Bertz CT molecular complexity index is 552. The Morgan fingerprint density at radius 2 is 2.05 bits per heavy atom. The molecule has 1 unspecified atom stereocenters. The van der Waals surface area contributed by atoms with Crippen LogP contribution in [0, 0.1) is 12.7 Å². The zero-order valence-corrected chi connectivity index (χ0v) is 11.4. The molecule has 0 saturated carbocycles. The van der Waals surface area contributed by atoms with Crippen LogP contribution in [0.3, 0.4) is 0 Å². The minimum absolute atomic E-state index is 0.145. The van der Waals surface area contributed by atoms with E-state index in [1.807, 2.05) is 37.3 Å². The Balaban J connectivity index is 2.24. The molecule has 0 radical (unpaired) electrons. The monoisotopic (exact) mass is 278 g/mol. The Hall–Kier alpha value is -1.42. The first-order valence-electron chi connectivity index (χ1n) is 6.06. The van der Waals surface area contributed by atoms with Crippen molar-refractivity contribution in [1.29, 1.82) is 0 Å². The number of rotatable bonds is 4. The van der Waals surface area contributed by atoms with Crippen LogP contribution in [0.1, 0.15) is 22.7 Å². The smallest absolute Gasteiger partial charge is 0.123 e. The first-order chi connectivity index (χ1) is 9.08. The van der Waals surface area contributed by atoms with E-state index < -0.39 is 0 Å². The maximum atomic E-state index is 13.4. The fraction of sp³-hybridized carbons (Fsp3) is 0.200. The molecule has 2 aromatic rings. The number of aryl methyl sites for hydroxylation is 1. The molecule has 0 heterocycles. The van der Waals surface area contributed by atoms with Gasteiger partial charge in [0.1, 0.15) is 5.82 Å². The summed E-state index contributed by atoms with van der Waals surface area (Å²) in [5, 5.41) is 0.684. The molecule has 0 bridgehead atoms. The van der Waals surface area contributed by atoms with E-state index in [1.54, 1.807) is 0 Å². The number of hydrazine groups is 1. The van der Waals surface area contributed by atoms with Crippen LogP contribution in [0.5, 0.6) is 0 Å². The number of halogens is 2. The molecule has 0 aliphatic heterocycles. The van der Waals surface area contributed by atoms with Gasteiger partial charge < -0.3 is 0 Å². The van der Waals surface area contributed by atoms with Gasteiger partial charge in [-0.15, -0.1) is 0 Å². The maximum absolute atomic E-state index is 13.4. The van der Waals surface area contributed by atoms with Gasteiger partial charge in [-0.1, -0.05) is 29.8 Å². The summed E-state index contributed by atoms with van der Waals surface area (Å²) in [5.41, 5.74) is 5.49. The van der Waals surface area contributed by atoms with Crippen LogP contribution in [-0.4, -0.2) is 0 Å². The van der Waals surface area contributed by atoms with Gasteiger partial charge in [0.05, 0.1) is 6.04 Å². The summed E-state index contributed by atoms with van der Waals surface area (Å²) in [4.78, 5) is 0. The number of nitrogens with two attached hydrogens (primary N) is 1. The summed E-state index contributed by atoms with van der Waals surface area (Å²) in [6.45, 7) is 1.86. The lowest BCUT2D eigenvalue weighted by Gasteiger charge is -2.17. The Morgan fingerprint density at radius 3 is 2.68 bits per heavy atom. The van der Waals surface area contributed by atoms with Crippen molar-refractivity contribution in [2.75, 3.05) is 0 Å². The van der Waals surface area contributed by atoms with Gasteiger partial charge in [0, 0.05) is 5.02 Å². The lowest BCUT2D eigenvalue weighted by atomic mass is 9.98. The second-order valence-electron chi connectivity index (χ2n) is 4.62. The lowest BCUT2D eigenvalue weighted by molar-refractivity contribution is 0.544. The first kappa shape index (κ1) is 14.0. The minimum atomic E-state index is -0.249. The molecule has 0 saturated heterocycles. The lowest BCUT2D eigenvalue weighted by Crippen LogP contribution is -2.29. The number of nitrogens with one attached hydrogen (secondary N) is 1. The van der Waals surface area contributed by atoms with Gasteiger partial charge in [-0.2, -0.15) is 0 Å². The summed E-state index contributed by atoms with van der Waals surface area (Å²) in [6, 6.07) is 12.4. The van der Waals surface area contributed by atoms with Crippen LogP contribution in [0.15, 0.2) is 42.5 Å². The minimum Gasteiger partial charge on any atom is -0.271 e. The summed E-state index contributed by atoms with van der Waals surface area (Å²) >= 11 is 5.96. The Morgan fingerprint density at radius 1 is 1.26 bits per heavy atom. The summed E-state index contributed by atoms with van der Waals surface area (Å²) in [6.07, 6.45) is 0.653. The van der Waals surface area contributed by atoms with E-state index in [4.69, 9.17) is 17.4 Å². The standard InChI is InChI=1S/C15H16ClFN2/c1-10-5-12(9-14(17)6-10)15(19-18)8-11-3-2-4-13(16)7-11/h2-7,9,15,19H,8,18H2,1H3. The van der Waals surface area contributed by atoms with Gasteiger partial charge in [-0.05, 0) is 54.3 Å². The molecule has 3 N–H and O–H groups in total. The average molecular weight is 279 g/mol. The fourth-order valence-electron chi connectivity index (χ4n) is 2.14. The highest BCUT2D eigenvalue weighted by molar-refractivity contribution is 6.30. The molecular weight excluding hydrogens is 263 g/mol. The molecule has 19 heavy (non-hydrogen) atoms. The maximum Gasteiger partial charge on any atom is 0.123 e. The van der Waals surface area contributed by atoms with Crippen molar-refractivity contribution >= 4 is 11.6 Å². The second-order valence-corrected chi connectivity index (χ2v) is 5.05. The van der Waals surface area contributed by atoms with Crippen LogP contribution < -0.4 is 11.3 Å². The molecular formula is C15H16ClFN2. The summed E-state index contributed by atoms with van der Waals surface area (Å²) < 4.78 is 13.4. The predicted octanol–water partition coefficient (Wildman–Crippen LogP) is 3.53. The molecule has 2 aromatic carbocycles. The normalized spacial score (nSPS) is 12.4. The van der Waals surface area contributed by atoms with Crippen LogP contribution in [0.2, 0.25) is 5.02 Å². The van der Waals surface area contributed by atoms with Crippen molar-refractivity contribution in [3.05, 3.63) is 70.0 Å². The molecule has 2 nitrogen and oxygen atoms in total. The fourth-order valence-corrected chi connectivity index (χ4v) is 2.35. The van der Waals surface area contributed by atoms with Crippen LogP contribution >= 0.6 is 11.6 Å². The first-order valence-corrected chi connectivity index (χ1v) is 6.44. The zero-order chi connectivity index (χ0) is 13.8. The predicted molar refractivity (Wildman–Crippen MR) is 76.4 cm³/mol. The van der Waals surface area contributed by atoms with Crippen molar-refractivity contribution in [1.82, 2.24) is 5.43 Å². The van der Waals surface area contributed by atoms with Gasteiger partial charge in [0.15, 0.2) is 0 Å². The van der Waals surface area contributed by atoms with Crippen LogP contribution in [-0.2, 0) is 6.42 Å². The van der Waals surface area contributed by atoms with Gasteiger partial charge in [0.25, 0.3) is 0 Å². The highest BCUT2D eigenvalue weighted by Gasteiger charge is 2.12. The Kier molecular flexibility index (Phi) is 4.53. The largest absolute Gasteiger partial charge is 0.271 e. The summed E-state index contributed by atoms with van der Waals surface area (Å²) in [7, 11) is 0. The molecule has 0 aromatic heterocycles. The third-order valence-corrected chi connectivity index (χ3v) is 3.23. The third-order valence-electron chi connectivity index (χ3n) is 3.00. The van der Waals surface area contributed by atoms with Gasteiger partial charge >= 0.3 is 0 Å².